The lowest BCUT2D eigenvalue weighted by molar-refractivity contribution is 0.00298. The summed E-state index contributed by atoms with van der Waals surface area (Å²) < 4.78 is 20.2. The van der Waals surface area contributed by atoms with E-state index in [0.29, 0.717) is 13.0 Å². The van der Waals surface area contributed by atoms with Crippen LogP contribution in [0.15, 0.2) is 54.4 Å². The van der Waals surface area contributed by atoms with Gasteiger partial charge in [-0.15, -0.1) is 0 Å². The predicted octanol–water partition coefficient (Wildman–Crippen LogP) is 4.77. The molecule has 0 N–H and O–H groups in total. The largest absolute Gasteiger partial charge is 0.364 e. The Morgan fingerprint density at radius 2 is 1.95 bits per heavy atom. The van der Waals surface area contributed by atoms with E-state index in [1.165, 1.54) is 0 Å². The summed E-state index contributed by atoms with van der Waals surface area (Å²) in [6.45, 7) is 4.47. The zero-order valence-electron chi connectivity index (χ0n) is 11.6. The number of hydrogen-bond donors (Lipinski definition) is 0. The van der Waals surface area contributed by atoms with Gasteiger partial charge in [-0.25, -0.2) is 4.39 Å². The topological polar surface area (TPSA) is 9.23 Å². The average Bonchev–Trinajstić information content (AvgIpc) is 2.43. The fourth-order valence-electron chi connectivity index (χ4n) is 2.60. The van der Waals surface area contributed by atoms with E-state index >= 15 is 0 Å². The molecule has 19 heavy (non-hydrogen) atoms. The molecule has 0 heterocycles. The Morgan fingerprint density at radius 1 is 1.21 bits per heavy atom. The minimum atomic E-state index is -0.839. The molecule has 0 aromatic heterocycles. The summed E-state index contributed by atoms with van der Waals surface area (Å²) in [7, 11) is 0. The second-order valence-corrected chi connectivity index (χ2v) is 4.88. The maximum atomic E-state index is 14.5. The molecule has 102 valence electrons. The molecule has 0 aliphatic heterocycles. The first kappa shape index (κ1) is 14.0. The lowest BCUT2D eigenvalue weighted by Crippen LogP contribution is -2.33. The molecule has 1 aliphatic rings. The van der Waals surface area contributed by atoms with Crippen molar-refractivity contribution >= 4 is 0 Å². The van der Waals surface area contributed by atoms with E-state index in [1.807, 2.05) is 56.3 Å². The summed E-state index contributed by atoms with van der Waals surface area (Å²) in [5.74, 6) is -0.154. The van der Waals surface area contributed by atoms with Gasteiger partial charge in [-0.05, 0) is 31.1 Å². The molecule has 0 amide bonds. The summed E-state index contributed by atoms with van der Waals surface area (Å²) in [6, 6.07) is 9.97. The molecule has 0 fully saturated rings. The summed E-state index contributed by atoms with van der Waals surface area (Å²) in [6.07, 6.45) is 7.19. The summed E-state index contributed by atoms with van der Waals surface area (Å²) >= 11 is 0. The van der Waals surface area contributed by atoms with Crippen molar-refractivity contribution in [2.24, 2.45) is 0 Å². The van der Waals surface area contributed by atoms with Crippen LogP contribution in [-0.4, -0.2) is 12.2 Å². The van der Waals surface area contributed by atoms with E-state index in [9.17, 15) is 4.39 Å². The van der Waals surface area contributed by atoms with Crippen LogP contribution in [0.25, 0.3) is 0 Å². The molecule has 2 unspecified atom stereocenters. The highest BCUT2D eigenvalue weighted by Crippen LogP contribution is 2.37. The van der Waals surface area contributed by atoms with Crippen LogP contribution in [0.5, 0.6) is 0 Å². The molecule has 2 heteroatoms. The second kappa shape index (κ2) is 6.16. The van der Waals surface area contributed by atoms with Gasteiger partial charge in [0.1, 0.15) is 11.4 Å². The quantitative estimate of drug-likeness (QED) is 0.693. The molecule has 0 spiro atoms. The van der Waals surface area contributed by atoms with E-state index in [4.69, 9.17) is 4.74 Å². The molecule has 2 atom stereocenters. The molecular formula is C17H21FO. The van der Waals surface area contributed by atoms with E-state index < -0.39 is 5.60 Å². The number of rotatable bonds is 5. The van der Waals surface area contributed by atoms with Crippen LogP contribution in [0.4, 0.5) is 4.39 Å². The highest BCUT2D eigenvalue weighted by molar-refractivity contribution is 5.37. The first-order chi connectivity index (χ1) is 9.22. The van der Waals surface area contributed by atoms with Gasteiger partial charge in [0.25, 0.3) is 0 Å². The monoisotopic (exact) mass is 260 g/mol. The van der Waals surface area contributed by atoms with Crippen LogP contribution in [-0.2, 0) is 4.74 Å². The molecule has 1 aliphatic carbocycles. The van der Waals surface area contributed by atoms with Gasteiger partial charge >= 0.3 is 0 Å². The Kier molecular flexibility index (Phi) is 4.54. The van der Waals surface area contributed by atoms with Crippen molar-refractivity contribution in [1.82, 2.24) is 0 Å². The Hall–Kier alpha value is -1.41. The fourth-order valence-corrected chi connectivity index (χ4v) is 2.60. The van der Waals surface area contributed by atoms with Gasteiger partial charge < -0.3 is 4.74 Å². The highest BCUT2D eigenvalue weighted by atomic mass is 19.1. The van der Waals surface area contributed by atoms with Gasteiger partial charge in [-0.3, -0.25) is 0 Å². The minimum Gasteiger partial charge on any atom is -0.364 e. The van der Waals surface area contributed by atoms with Gasteiger partial charge in [0.05, 0.1) is 0 Å². The van der Waals surface area contributed by atoms with Gasteiger partial charge in [-0.2, -0.15) is 0 Å². The molecule has 0 radical (unpaired) electrons. The third-order valence-electron chi connectivity index (χ3n) is 3.51. The van der Waals surface area contributed by atoms with Crippen LogP contribution in [0, 0.1) is 0 Å². The predicted molar refractivity (Wildman–Crippen MR) is 76.8 cm³/mol. The van der Waals surface area contributed by atoms with Crippen molar-refractivity contribution in [2.75, 3.05) is 6.61 Å². The normalized spacial score (nSPS) is 26.3. The molecule has 2 rings (SSSR count). The van der Waals surface area contributed by atoms with Gasteiger partial charge in [0, 0.05) is 12.5 Å². The van der Waals surface area contributed by atoms with Crippen LogP contribution in [0.3, 0.4) is 0 Å². The van der Waals surface area contributed by atoms with Crippen molar-refractivity contribution in [3.05, 3.63) is 60.0 Å². The van der Waals surface area contributed by atoms with Crippen molar-refractivity contribution in [3.8, 4) is 0 Å². The van der Waals surface area contributed by atoms with E-state index in [-0.39, 0.29) is 11.7 Å². The number of halogens is 1. The molecule has 1 aromatic rings. The number of hydrogen-bond acceptors (Lipinski definition) is 1. The second-order valence-electron chi connectivity index (χ2n) is 4.88. The van der Waals surface area contributed by atoms with Gasteiger partial charge in [-0.1, -0.05) is 49.8 Å². The molecule has 0 bridgehead atoms. The zero-order valence-corrected chi connectivity index (χ0v) is 11.6. The maximum absolute atomic E-state index is 14.5. The summed E-state index contributed by atoms with van der Waals surface area (Å²) in [4.78, 5) is 0. The molecule has 0 saturated heterocycles. The number of allylic oxidation sites excluding steroid dienone is 2. The number of ether oxygens (including phenoxy) is 1. The van der Waals surface area contributed by atoms with Crippen LogP contribution in [0.1, 0.15) is 38.2 Å². The molecule has 1 aromatic carbocycles. The van der Waals surface area contributed by atoms with Crippen molar-refractivity contribution < 1.29 is 9.13 Å². The molecular weight excluding hydrogens is 239 g/mol. The van der Waals surface area contributed by atoms with Crippen molar-refractivity contribution in [1.29, 1.82) is 0 Å². The molecule has 0 saturated carbocycles. The lowest BCUT2D eigenvalue weighted by atomic mass is 9.85. The summed E-state index contributed by atoms with van der Waals surface area (Å²) in [5.41, 5.74) is 0.268. The van der Waals surface area contributed by atoms with Crippen LogP contribution < -0.4 is 0 Å². The maximum Gasteiger partial charge on any atom is 0.137 e. The van der Waals surface area contributed by atoms with Crippen molar-refractivity contribution in [2.45, 2.75) is 38.2 Å². The van der Waals surface area contributed by atoms with E-state index in [2.05, 4.69) is 0 Å². The van der Waals surface area contributed by atoms with Gasteiger partial charge in [0.15, 0.2) is 0 Å². The standard InChI is InChI=1S/C17H21FO/c1-3-11-17(19-4-2)12-10-15(13-16(17)18)14-8-6-5-7-9-14/h5-10,12-13,15H,3-4,11H2,1-2H3. The zero-order chi connectivity index (χ0) is 13.7. The third kappa shape index (κ3) is 2.95. The minimum absolute atomic E-state index is 0.00615. The third-order valence-corrected chi connectivity index (χ3v) is 3.51. The van der Waals surface area contributed by atoms with Crippen LogP contribution in [0.2, 0.25) is 0 Å². The number of benzene rings is 1. The Bertz CT molecular complexity index is 455. The van der Waals surface area contributed by atoms with Gasteiger partial charge in [0.2, 0.25) is 0 Å². The van der Waals surface area contributed by atoms with Crippen molar-refractivity contribution in [3.63, 3.8) is 0 Å². The Morgan fingerprint density at radius 3 is 2.53 bits per heavy atom. The fraction of sp³-hybridized carbons (Fsp3) is 0.412. The Balaban J connectivity index is 2.25. The summed E-state index contributed by atoms with van der Waals surface area (Å²) in [5, 5.41) is 0. The van der Waals surface area contributed by atoms with Crippen LogP contribution >= 0.6 is 0 Å². The highest BCUT2D eigenvalue weighted by Gasteiger charge is 2.35. The first-order valence-electron chi connectivity index (χ1n) is 6.98. The SMILES string of the molecule is CCCC1(OCC)C=CC(c2ccccc2)C=C1F. The smallest absolute Gasteiger partial charge is 0.137 e. The Labute approximate surface area is 114 Å². The van der Waals surface area contributed by atoms with E-state index in [1.54, 1.807) is 6.08 Å². The lowest BCUT2D eigenvalue weighted by Gasteiger charge is -2.32. The first-order valence-corrected chi connectivity index (χ1v) is 6.98. The molecule has 1 nitrogen and oxygen atoms in total. The van der Waals surface area contributed by atoms with E-state index in [0.717, 1.165) is 12.0 Å². The average molecular weight is 260 g/mol.